The molecule has 0 bridgehead atoms. The van der Waals surface area contributed by atoms with E-state index in [0.717, 1.165) is 25.6 Å². The van der Waals surface area contributed by atoms with Crippen molar-refractivity contribution >= 4 is 11.9 Å². The summed E-state index contributed by atoms with van der Waals surface area (Å²) in [7, 11) is 0. The van der Waals surface area contributed by atoms with Gasteiger partial charge in [-0.25, -0.2) is 4.79 Å². The molecule has 0 aromatic carbocycles. The lowest BCUT2D eigenvalue weighted by atomic mass is 9.76. The minimum atomic E-state index is -2.22. The van der Waals surface area contributed by atoms with Crippen LogP contribution < -0.4 is 0 Å². The minimum Gasteiger partial charge on any atom is -0.460 e. The number of carbonyl (C=O) groups excluding carboxylic acids is 2. The predicted octanol–water partition coefficient (Wildman–Crippen LogP) is -0.393. The highest BCUT2D eigenvalue weighted by Crippen LogP contribution is 2.36. The van der Waals surface area contributed by atoms with Crippen LogP contribution in [0.2, 0.25) is 0 Å². The largest absolute Gasteiger partial charge is 0.460 e. The van der Waals surface area contributed by atoms with Crippen LogP contribution in [0, 0.1) is 5.92 Å². The van der Waals surface area contributed by atoms with E-state index in [1.54, 1.807) is 0 Å². The second-order valence-corrected chi connectivity index (χ2v) is 7.00. The van der Waals surface area contributed by atoms with E-state index in [4.69, 9.17) is 9.47 Å². The Hall–Kier alpha value is -1.44. The maximum absolute atomic E-state index is 12.4. The lowest BCUT2D eigenvalue weighted by molar-refractivity contribution is -0.205. The Bertz CT molecular complexity index is 567. The van der Waals surface area contributed by atoms with Crippen molar-refractivity contribution in [3.05, 3.63) is 11.6 Å². The quantitative estimate of drug-likeness (QED) is 0.462. The van der Waals surface area contributed by atoms with E-state index in [1.807, 2.05) is 6.08 Å². The number of esters is 2. The van der Waals surface area contributed by atoms with Crippen molar-refractivity contribution in [3.8, 4) is 0 Å². The number of aliphatic hydroxyl groups is 2. The summed E-state index contributed by atoms with van der Waals surface area (Å²) in [5.41, 5.74) is -3.35. The monoisotopic (exact) mass is 325 g/mol. The van der Waals surface area contributed by atoms with Gasteiger partial charge in [0, 0.05) is 13.1 Å². The highest BCUT2D eigenvalue weighted by molar-refractivity contribution is 5.83. The standard InChI is InChI=1S/C16H23NO6/c1-9-13(18)23-11-5-7-17-6-4-10(12(11)17)8-22-14(19)16(3,21)15(9,2)20/h4,9,11-12,20-21H,5-8H2,1-3H3/t9-,11+,12-,15+,16-/m0/s1. The summed E-state index contributed by atoms with van der Waals surface area (Å²) in [4.78, 5) is 26.9. The molecule has 3 aliphatic heterocycles. The number of hydrogen-bond acceptors (Lipinski definition) is 7. The topological polar surface area (TPSA) is 96.3 Å². The molecule has 0 spiro atoms. The van der Waals surface area contributed by atoms with Crippen LogP contribution >= 0.6 is 0 Å². The van der Waals surface area contributed by atoms with Gasteiger partial charge in [-0.15, -0.1) is 0 Å². The summed E-state index contributed by atoms with van der Waals surface area (Å²) in [6, 6.07) is -0.0908. The van der Waals surface area contributed by atoms with Crippen LogP contribution in [0.4, 0.5) is 0 Å². The highest BCUT2D eigenvalue weighted by atomic mass is 16.6. The van der Waals surface area contributed by atoms with Crippen molar-refractivity contribution in [2.24, 2.45) is 5.92 Å². The van der Waals surface area contributed by atoms with Crippen molar-refractivity contribution in [3.63, 3.8) is 0 Å². The number of rotatable bonds is 0. The lowest BCUT2D eigenvalue weighted by Crippen LogP contribution is -2.61. The van der Waals surface area contributed by atoms with Gasteiger partial charge in [0.25, 0.3) is 0 Å². The first-order chi connectivity index (χ1) is 10.7. The van der Waals surface area contributed by atoms with Crippen LogP contribution in [0.25, 0.3) is 0 Å². The molecule has 5 atom stereocenters. The molecule has 0 aromatic heterocycles. The molecule has 0 aliphatic carbocycles. The minimum absolute atomic E-state index is 0.0225. The van der Waals surface area contributed by atoms with Gasteiger partial charge in [0.1, 0.15) is 18.3 Å². The van der Waals surface area contributed by atoms with E-state index in [-0.39, 0.29) is 18.8 Å². The van der Waals surface area contributed by atoms with Gasteiger partial charge in [0.05, 0.1) is 12.0 Å². The van der Waals surface area contributed by atoms with E-state index in [1.165, 1.54) is 13.8 Å². The predicted molar refractivity (Wildman–Crippen MR) is 79.3 cm³/mol. The molecule has 23 heavy (non-hydrogen) atoms. The van der Waals surface area contributed by atoms with Gasteiger partial charge in [-0.3, -0.25) is 9.69 Å². The van der Waals surface area contributed by atoms with E-state index >= 15 is 0 Å². The SMILES string of the molecule is C[C@H]1C(=O)O[C@@H]2CCN3CC=C(COC(=O)[C@](C)(O)[C@]1(C)O)[C@@H]23. The Morgan fingerprint density at radius 2 is 2.00 bits per heavy atom. The first-order valence-electron chi connectivity index (χ1n) is 7.91. The van der Waals surface area contributed by atoms with Gasteiger partial charge in [-0.05, 0) is 32.8 Å². The van der Waals surface area contributed by atoms with Crippen molar-refractivity contribution < 1.29 is 29.3 Å². The molecule has 7 nitrogen and oxygen atoms in total. The summed E-state index contributed by atoms with van der Waals surface area (Å²) >= 11 is 0. The molecule has 0 radical (unpaired) electrons. The summed E-state index contributed by atoms with van der Waals surface area (Å²) < 4.78 is 10.8. The molecule has 0 amide bonds. The van der Waals surface area contributed by atoms with Crippen LogP contribution in [0.5, 0.6) is 0 Å². The zero-order valence-electron chi connectivity index (χ0n) is 13.6. The first kappa shape index (κ1) is 16.4. The third-order valence-corrected chi connectivity index (χ3v) is 5.63. The third-order valence-electron chi connectivity index (χ3n) is 5.63. The zero-order valence-corrected chi connectivity index (χ0v) is 13.6. The normalized spacial score (nSPS) is 44.9. The average Bonchev–Trinajstić information content (AvgIpc) is 3.06. The second-order valence-electron chi connectivity index (χ2n) is 7.00. The molecule has 0 saturated carbocycles. The lowest BCUT2D eigenvalue weighted by Gasteiger charge is -2.39. The van der Waals surface area contributed by atoms with E-state index < -0.39 is 29.1 Å². The number of nitrogens with zero attached hydrogens (tertiary/aromatic N) is 1. The fourth-order valence-electron chi connectivity index (χ4n) is 3.52. The van der Waals surface area contributed by atoms with Crippen LogP contribution in [0.1, 0.15) is 27.2 Å². The number of carbonyl (C=O) groups is 2. The molecule has 0 aromatic rings. The molecule has 7 heteroatoms. The summed E-state index contributed by atoms with van der Waals surface area (Å²) in [6.45, 7) is 5.41. The first-order valence-corrected chi connectivity index (χ1v) is 7.91. The Kier molecular flexibility index (Phi) is 3.78. The summed E-state index contributed by atoms with van der Waals surface area (Å²) in [5.74, 6) is -2.65. The molecular formula is C16H23NO6. The maximum atomic E-state index is 12.4. The van der Waals surface area contributed by atoms with Crippen LogP contribution in [0.15, 0.2) is 11.6 Å². The Labute approximate surface area is 134 Å². The fraction of sp³-hybridized carbons (Fsp3) is 0.750. The highest BCUT2D eigenvalue weighted by Gasteiger charge is 2.56. The van der Waals surface area contributed by atoms with Gasteiger partial charge in [0.15, 0.2) is 5.60 Å². The van der Waals surface area contributed by atoms with Gasteiger partial charge in [-0.1, -0.05) is 6.08 Å². The Morgan fingerprint density at radius 3 is 2.70 bits per heavy atom. The molecule has 3 rings (SSSR count). The van der Waals surface area contributed by atoms with E-state index in [2.05, 4.69) is 4.90 Å². The zero-order chi connectivity index (χ0) is 17.0. The molecular weight excluding hydrogens is 302 g/mol. The van der Waals surface area contributed by atoms with Gasteiger partial charge < -0.3 is 19.7 Å². The molecule has 128 valence electrons. The Balaban J connectivity index is 1.97. The molecule has 2 N–H and O–H groups in total. The average molecular weight is 325 g/mol. The summed E-state index contributed by atoms with van der Waals surface area (Å²) in [6.07, 6.45) is 2.34. The number of hydrogen-bond donors (Lipinski definition) is 2. The maximum Gasteiger partial charge on any atom is 0.341 e. The van der Waals surface area contributed by atoms with Crippen molar-refractivity contribution in [2.45, 2.75) is 50.5 Å². The van der Waals surface area contributed by atoms with E-state index in [9.17, 15) is 19.8 Å². The van der Waals surface area contributed by atoms with Crippen LogP contribution in [0.3, 0.4) is 0 Å². The van der Waals surface area contributed by atoms with Crippen LogP contribution in [-0.4, -0.2) is 70.1 Å². The van der Waals surface area contributed by atoms with Crippen LogP contribution in [-0.2, 0) is 19.1 Å². The number of ether oxygens (including phenoxy) is 2. The molecule has 2 saturated heterocycles. The third kappa shape index (κ3) is 2.38. The van der Waals surface area contributed by atoms with Crippen molar-refractivity contribution in [1.29, 1.82) is 0 Å². The molecule has 3 aliphatic rings. The molecule has 0 unspecified atom stereocenters. The van der Waals surface area contributed by atoms with Gasteiger partial charge in [0.2, 0.25) is 0 Å². The fourth-order valence-corrected chi connectivity index (χ4v) is 3.52. The second kappa shape index (κ2) is 5.29. The van der Waals surface area contributed by atoms with E-state index in [0.29, 0.717) is 6.42 Å². The number of cyclic esters (lactones) is 1. The summed E-state index contributed by atoms with van der Waals surface area (Å²) in [5, 5.41) is 21.1. The van der Waals surface area contributed by atoms with Gasteiger partial charge >= 0.3 is 11.9 Å². The molecule has 3 heterocycles. The smallest absolute Gasteiger partial charge is 0.341 e. The van der Waals surface area contributed by atoms with Crippen molar-refractivity contribution in [1.82, 2.24) is 4.90 Å². The van der Waals surface area contributed by atoms with Gasteiger partial charge in [-0.2, -0.15) is 0 Å². The Morgan fingerprint density at radius 1 is 1.30 bits per heavy atom. The molecule has 2 fully saturated rings. The van der Waals surface area contributed by atoms with Crippen molar-refractivity contribution in [2.75, 3.05) is 19.7 Å².